The van der Waals surface area contributed by atoms with Gasteiger partial charge in [0, 0.05) is 36.6 Å². The molecule has 4 rings (SSSR count). The highest BCUT2D eigenvalue weighted by Crippen LogP contribution is 2.23. The zero-order chi connectivity index (χ0) is 20.3. The molecule has 6 nitrogen and oxygen atoms in total. The number of nitrogens with one attached hydrogen (secondary N) is 1. The van der Waals surface area contributed by atoms with Crippen LogP contribution in [0.25, 0.3) is 17.0 Å². The van der Waals surface area contributed by atoms with Crippen molar-refractivity contribution in [2.24, 2.45) is 0 Å². The topological polar surface area (TPSA) is 81.1 Å². The monoisotopic (exact) mass is 423 g/mol. The number of hydrogen-bond acceptors (Lipinski definition) is 5. The van der Waals surface area contributed by atoms with Gasteiger partial charge in [0.15, 0.2) is 0 Å². The lowest BCUT2D eigenvalue weighted by Gasteiger charge is -2.08. The minimum atomic E-state index is -3.85. The molecular weight excluding hydrogens is 406 g/mol. The predicted molar refractivity (Wildman–Crippen MR) is 114 cm³/mol. The van der Waals surface area contributed by atoms with Gasteiger partial charge in [0.1, 0.15) is 4.21 Å². The maximum atomic E-state index is 12.2. The Morgan fingerprint density at radius 1 is 1.14 bits per heavy atom. The Balaban J connectivity index is 1.59. The molecule has 1 N–H and O–H groups in total. The van der Waals surface area contributed by atoms with E-state index in [-0.39, 0.29) is 4.21 Å². The molecule has 0 atom stereocenters. The van der Waals surface area contributed by atoms with E-state index in [4.69, 9.17) is 0 Å². The summed E-state index contributed by atoms with van der Waals surface area (Å²) in [5, 5.41) is 2.68. The standard InChI is InChI=1S/C21H17N3O3S2/c25-19(23-29(26,27)20-7-3-13-28-20)9-8-17-5-1-6-18-10-12-24(21(17)18)15-16-4-2-11-22-14-16/h1-14H,15H2,(H,23,25)/b9-8+. The van der Waals surface area contributed by atoms with E-state index in [2.05, 4.69) is 14.3 Å². The van der Waals surface area contributed by atoms with Gasteiger partial charge in [0.25, 0.3) is 15.9 Å². The van der Waals surface area contributed by atoms with Crippen LogP contribution in [-0.4, -0.2) is 23.9 Å². The van der Waals surface area contributed by atoms with E-state index in [1.807, 2.05) is 48.8 Å². The molecule has 0 aliphatic heterocycles. The first-order valence-corrected chi connectivity index (χ1v) is 11.1. The highest BCUT2D eigenvalue weighted by molar-refractivity contribution is 7.92. The van der Waals surface area contributed by atoms with Crippen molar-refractivity contribution in [3.63, 3.8) is 0 Å². The van der Waals surface area contributed by atoms with E-state index in [1.54, 1.807) is 23.7 Å². The number of pyridine rings is 1. The lowest BCUT2D eigenvalue weighted by Crippen LogP contribution is -2.28. The number of amides is 1. The van der Waals surface area contributed by atoms with Crippen LogP contribution in [0, 0.1) is 0 Å². The molecule has 0 saturated heterocycles. The number of fused-ring (bicyclic) bond motifs is 1. The summed E-state index contributed by atoms with van der Waals surface area (Å²) in [6, 6.07) is 14.8. The van der Waals surface area contributed by atoms with Crippen molar-refractivity contribution < 1.29 is 13.2 Å². The van der Waals surface area contributed by atoms with Crippen LogP contribution in [0.2, 0.25) is 0 Å². The Morgan fingerprint density at radius 2 is 2.03 bits per heavy atom. The van der Waals surface area contributed by atoms with Crippen LogP contribution in [0.4, 0.5) is 0 Å². The van der Waals surface area contributed by atoms with Crippen molar-refractivity contribution in [2.45, 2.75) is 10.8 Å². The van der Waals surface area contributed by atoms with Crippen LogP contribution in [-0.2, 0) is 21.4 Å². The average molecular weight is 424 g/mol. The smallest absolute Gasteiger partial charge is 0.273 e. The Labute approximate surface area is 172 Å². The van der Waals surface area contributed by atoms with Crippen molar-refractivity contribution in [1.82, 2.24) is 14.3 Å². The van der Waals surface area contributed by atoms with Gasteiger partial charge in [-0.1, -0.05) is 30.3 Å². The van der Waals surface area contributed by atoms with Gasteiger partial charge in [-0.05, 0) is 40.8 Å². The number of nitrogens with zero attached hydrogens (tertiary/aromatic N) is 2. The highest BCUT2D eigenvalue weighted by atomic mass is 32.2. The molecule has 3 heterocycles. The third-order valence-corrected chi connectivity index (χ3v) is 7.05. The van der Waals surface area contributed by atoms with Crippen molar-refractivity contribution in [3.8, 4) is 0 Å². The number of carbonyl (C=O) groups is 1. The Bertz CT molecular complexity index is 1280. The Morgan fingerprint density at radius 3 is 2.79 bits per heavy atom. The number of carbonyl (C=O) groups excluding carboxylic acids is 1. The molecule has 0 spiro atoms. The zero-order valence-electron chi connectivity index (χ0n) is 15.2. The first kappa shape index (κ1) is 19.1. The third-order valence-electron chi connectivity index (χ3n) is 4.30. The molecule has 3 aromatic heterocycles. The number of aromatic nitrogens is 2. The number of sulfonamides is 1. The maximum Gasteiger partial charge on any atom is 0.273 e. The summed E-state index contributed by atoms with van der Waals surface area (Å²) in [4.78, 5) is 16.3. The number of benzene rings is 1. The lowest BCUT2D eigenvalue weighted by atomic mass is 10.1. The molecule has 0 aliphatic carbocycles. The quantitative estimate of drug-likeness (QED) is 0.480. The summed E-state index contributed by atoms with van der Waals surface area (Å²) in [6.07, 6.45) is 8.39. The van der Waals surface area contributed by atoms with Crippen molar-refractivity contribution in [3.05, 3.63) is 89.7 Å². The van der Waals surface area contributed by atoms with Crippen LogP contribution in [0.3, 0.4) is 0 Å². The van der Waals surface area contributed by atoms with Gasteiger partial charge < -0.3 is 4.57 Å². The van der Waals surface area contributed by atoms with E-state index in [9.17, 15) is 13.2 Å². The second-order valence-corrected chi connectivity index (χ2v) is 9.18. The summed E-state index contributed by atoms with van der Waals surface area (Å²) < 4.78 is 28.6. The summed E-state index contributed by atoms with van der Waals surface area (Å²) in [5.41, 5.74) is 2.84. The minimum absolute atomic E-state index is 0.103. The highest BCUT2D eigenvalue weighted by Gasteiger charge is 2.17. The molecule has 0 bridgehead atoms. The van der Waals surface area contributed by atoms with Crippen LogP contribution in [0.5, 0.6) is 0 Å². The van der Waals surface area contributed by atoms with Gasteiger partial charge in [-0.3, -0.25) is 9.78 Å². The fraction of sp³-hybridized carbons (Fsp3) is 0.0476. The maximum absolute atomic E-state index is 12.2. The first-order valence-electron chi connectivity index (χ1n) is 8.78. The molecule has 0 saturated carbocycles. The molecule has 29 heavy (non-hydrogen) atoms. The molecule has 8 heteroatoms. The Kier molecular flexibility index (Phi) is 5.28. The first-order chi connectivity index (χ1) is 14.0. The molecule has 1 amide bonds. The fourth-order valence-corrected chi connectivity index (χ4v) is 4.98. The molecule has 4 aromatic rings. The van der Waals surface area contributed by atoms with Crippen LogP contribution in [0.15, 0.2) is 82.8 Å². The van der Waals surface area contributed by atoms with E-state index in [1.165, 1.54) is 12.1 Å². The van der Waals surface area contributed by atoms with Gasteiger partial charge in [-0.15, -0.1) is 11.3 Å². The van der Waals surface area contributed by atoms with E-state index in [0.29, 0.717) is 6.54 Å². The SMILES string of the molecule is O=C(/C=C/c1cccc2ccn(Cc3cccnc3)c12)NS(=O)(=O)c1cccs1. The van der Waals surface area contributed by atoms with Gasteiger partial charge in [-0.2, -0.15) is 0 Å². The number of para-hydroxylation sites is 1. The number of rotatable bonds is 6. The van der Waals surface area contributed by atoms with Crippen LogP contribution < -0.4 is 4.72 Å². The number of hydrogen-bond donors (Lipinski definition) is 1. The third kappa shape index (κ3) is 4.28. The largest absolute Gasteiger partial charge is 0.343 e. The molecular formula is C21H17N3O3S2. The van der Waals surface area contributed by atoms with Crippen LogP contribution in [0.1, 0.15) is 11.1 Å². The number of thiophene rings is 1. The van der Waals surface area contributed by atoms with Crippen molar-refractivity contribution in [1.29, 1.82) is 0 Å². The molecule has 0 unspecified atom stereocenters. The average Bonchev–Trinajstić information content (AvgIpc) is 3.38. The predicted octanol–water partition coefficient (Wildman–Crippen LogP) is 3.66. The summed E-state index contributed by atoms with van der Waals surface area (Å²) in [7, 11) is -3.85. The minimum Gasteiger partial charge on any atom is -0.343 e. The molecule has 0 radical (unpaired) electrons. The molecule has 0 fully saturated rings. The van der Waals surface area contributed by atoms with Crippen LogP contribution >= 0.6 is 11.3 Å². The fourth-order valence-electron chi connectivity index (χ4n) is 3.04. The lowest BCUT2D eigenvalue weighted by molar-refractivity contribution is -0.114. The second kappa shape index (κ2) is 8.02. The van der Waals surface area contributed by atoms with E-state index >= 15 is 0 Å². The summed E-state index contributed by atoms with van der Waals surface area (Å²) in [6.45, 7) is 0.640. The zero-order valence-corrected chi connectivity index (χ0v) is 16.9. The van der Waals surface area contributed by atoms with Crippen molar-refractivity contribution >= 4 is 44.2 Å². The van der Waals surface area contributed by atoms with Gasteiger partial charge in [-0.25, -0.2) is 13.1 Å². The summed E-state index contributed by atoms with van der Waals surface area (Å²) in [5.74, 6) is -0.694. The van der Waals surface area contributed by atoms with Gasteiger partial charge >= 0.3 is 0 Å². The molecule has 0 aliphatic rings. The summed E-state index contributed by atoms with van der Waals surface area (Å²) >= 11 is 1.06. The van der Waals surface area contributed by atoms with E-state index < -0.39 is 15.9 Å². The normalized spacial score (nSPS) is 11.9. The van der Waals surface area contributed by atoms with Gasteiger partial charge in [0.05, 0.1) is 5.52 Å². The molecule has 1 aromatic carbocycles. The van der Waals surface area contributed by atoms with Crippen molar-refractivity contribution in [2.75, 3.05) is 0 Å². The second-order valence-electron chi connectivity index (χ2n) is 6.33. The Hall–Kier alpha value is -3.23. The van der Waals surface area contributed by atoms with E-state index in [0.717, 1.165) is 33.4 Å². The molecule has 146 valence electrons. The van der Waals surface area contributed by atoms with Gasteiger partial charge in [0.2, 0.25) is 0 Å².